The molecule has 0 aliphatic carbocycles. The van der Waals surface area contributed by atoms with Crippen molar-refractivity contribution >= 4 is 11.8 Å². The van der Waals surface area contributed by atoms with Gasteiger partial charge in [-0.05, 0) is 19.2 Å². The third-order valence-electron chi connectivity index (χ3n) is 2.18. The van der Waals surface area contributed by atoms with Crippen molar-refractivity contribution < 1.29 is 0 Å². The van der Waals surface area contributed by atoms with Gasteiger partial charge in [0.1, 0.15) is 0 Å². The minimum absolute atomic E-state index is 0.498. The van der Waals surface area contributed by atoms with Gasteiger partial charge in [0.2, 0.25) is 0 Å². The average molecular weight is 228 g/mol. The molecule has 0 fully saturated rings. The topological polar surface area (TPSA) is 42.7 Å². The molecule has 0 aliphatic heterocycles. The second-order valence-corrected chi connectivity index (χ2v) is 4.80. The van der Waals surface area contributed by atoms with Crippen LogP contribution in [0.4, 0.5) is 0 Å². The third-order valence-corrected chi connectivity index (χ3v) is 3.52. The summed E-state index contributed by atoms with van der Waals surface area (Å²) in [5.74, 6) is 2.37. The van der Waals surface area contributed by atoms with Crippen LogP contribution in [-0.2, 0) is 13.5 Å². The molecule has 0 aliphatic rings. The van der Waals surface area contributed by atoms with Gasteiger partial charge in [0.05, 0.1) is 5.69 Å². The Kier molecular flexibility index (Phi) is 5.71. The van der Waals surface area contributed by atoms with Crippen LogP contribution in [0.2, 0.25) is 0 Å². The molecule has 0 spiro atoms. The van der Waals surface area contributed by atoms with Crippen molar-refractivity contribution in [3.8, 4) is 0 Å². The van der Waals surface area contributed by atoms with E-state index >= 15 is 0 Å². The monoisotopic (exact) mass is 228 g/mol. The molecule has 1 N–H and O–H groups in total. The minimum atomic E-state index is 0.498. The standard InChI is InChI=1S/C10H20N4S/c1-4-5-15-8-10(11-2)6-9-7-14(3)13-12-9/h7,10-11H,4-6,8H2,1-3H3. The molecule has 15 heavy (non-hydrogen) atoms. The smallest absolute Gasteiger partial charge is 0.0842 e. The van der Waals surface area contributed by atoms with Gasteiger partial charge in [0.25, 0.3) is 0 Å². The van der Waals surface area contributed by atoms with Crippen LogP contribution in [0.3, 0.4) is 0 Å². The molecule has 0 bridgehead atoms. The van der Waals surface area contributed by atoms with Gasteiger partial charge in [0.15, 0.2) is 0 Å². The first-order chi connectivity index (χ1) is 7.26. The molecule has 1 atom stereocenters. The van der Waals surface area contributed by atoms with E-state index in [1.807, 2.05) is 32.1 Å². The van der Waals surface area contributed by atoms with Crippen molar-refractivity contribution in [1.82, 2.24) is 20.3 Å². The molecule has 1 rings (SSSR count). The molecule has 86 valence electrons. The molecule has 4 nitrogen and oxygen atoms in total. The van der Waals surface area contributed by atoms with Crippen LogP contribution in [-0.4, -0.2) is 39.6 Å². The molecule has 1 unspecified atom stereocenters. The summed E-state index contributed by atoms with van der Waals surface area (Å²) in [6, 6.07) is 0.498. The SMILES string of the molecule is CCCSCC(Cc1cn(C)nn1)NC. The largest absolute Gasteiger partial charge is 0.316 e. The number of aromatic nitrogens is 3. The summed E-state index contributed by atoms with van der Waals surface area (Å²) in [4.78, 5) is 0. The molecule has 0 saturated heterocycles. The Balaban J connectivity index is 2.33. The minimum Gasteiger partial charge on any atom is -0.316 e. The van der Waals surface area contributed by atoms with Gasteiger partial charge in [0, 0.05) is 31.5 Å². The van der Waals surface area contributed by atoms with Crippen LogP contribution >= 0.6 is 11.8 Å². The van der Waals surface area contributed by atoms with Crippen molar-refractivity contribution in [2.75, 3.05) is 18.6 Å². The van der Waals surface area contributed by atoms with Gasteiger partial charge < -0.3 is 5.32 Å². The Bertz CT molecular complexity index is 274. The Morgan fingerprint density at radius 3 is 2.93 bits per heavy atom. The normalized spacial score (nSPS) is 13.0. The number of nitrogens with one attached hydrogen (secondary N) is 1. The quantitative estimate of drug-likeness (QED) is 0.709. The van der Waals surface area contributed by atoms with Gasteiger partial charge in [-0.3, -0.25) is 4.68 Å². The fraction of sp³-hybridized carbons (Fsp3) is 0.800. The van der Waals surface area contributed by atoms with Crippen LogP contribution in [0.1, 0.15) is 19.0 Å². The molecule has 0 aromatic carbocycles. The van der Waals surface area contributed by atoms with E-state index in [-0.39, 0.29) is 0 Å². The molecular formula is C10H20N4S. The highest BCUT2D eigenvalue weighted by Crippen LogP contribution is 2.07. The van der Waals surface area contributed by atoms with Gasteiger partial charge in [-0.2, -0.15) is 11.8 Å². The number of nitrogens with zero attached hydrogens (tertiary/aromatic N) is 3. The van der Waals surface area contributed by atoms with Crippen molar-refractivity contribution in [3.05, 3.63) is 11.9 Å². The number of likely N-dealkylation sites (N-methyl/N-ethyl adjacent to an activating group) is 1. The van der Waals surface area contributed by atoms with Gasteiger partial charge in [-0.25, -0.2) is 0 Å². The van der Waals surface area contributed by atoms with Crippen LogP contribution in [0.15, 0.2) is 6.20 Å². The predicted molar refractivity (Wildman–Crippen MR) is 65.2 cm³/mol. The van der Waals surface area contributed by atoms with Crippen LogP contribution in [0, 0.1) is 0 Å². The Morgan fingerprint density at radius 2 is 2.40 bits per heavy atom. The maximum absolute atomic E-state index is 4.10. The Labute approximate surface area is 95.8 Å². The summed E-state index contributed by atoms with van der Waals surface area (Å²) >= 11 is 1.99. The maximum atomic E-state index is 4.10. The zero-order chi connectivity index (χ0) is 11.1. The number of thioether (sulfide) groups is 1. The summed E-state index contributed by atoms with van der Waals surface area (Å²) in [5.41, 5.74) is 1.06. The Morgan fingerprint density at radius 1 is 1.60 bits per heavy atom. The summed E-state index contributed by atoms with van der Waals surface area (Å²) in [6.45, 7) is 2.21. The molecule has 0 radical (unpaired) electrons. The van der Waals surface area contributed by atoms with E-state index in [2.05, 4.69) is 22.6 Å². The maximum Gasteiger partial charge on any atom is 0.0842 e. The summed E-state index contributed by atoms with van der Waals surface area (Å²) < 4.78 is 1.75. The van der Waals surface area contributed by atoms with E-state index in [4.69, 9.17) is 0 Å². The van der Waals surface area contributed by atoms with E-state index in [0.29, 0.717) is 6.04 Å². The van der Waals surface area contributed by atoms with E-state index in [9.17, 15) is 0 Å². The molecule has 1 heterocycles. The number of rotatable bonds is 7. The van der Waals surface area contributed by atoms with Crippen LogP contribution in [0.25, 0.3) is 0 Å². The molecule has 1 aromatic rings. The summed E-state index contributed by atoms with van der Waals surface area (Å²) in [5, 5.41) is 11.3. The lowest BCUT2D eigenvalue weighted by atomic mass is 10.2. The lowest BCUT2D eigenvalue weighted by Gasteiger charge is -2.13. The van der Waals surface area contributed by atoms with Crippen molar-refractivity contribution in [2.24, 2.45) is 7.05 Å². The number of hydrogen-bond donors (Lipinski definition) is 1. The highest BCUT2D eigenvalue weighted by molar-refractivity contribution is 7.99. The van der Waals surface area contributed by atoms with Crippen molar-refractivity contribution in [1.29, 1.82) is 0 Å². The first kappa shape index (κ1) is 12.5. The van der Waals surface area contributed by atoms with Crippen LogP contribution < -0.4 is 5.32 Å². The molecule has 0 saturated carbocycles. The lowest BCUT2D eigenvalue weighted by Crippen LogP contribution is -2.30. The fourth-order valence-corrected chi connectivity index (χ4v) is 2.38. The van der Waals surface area contributed by atoms with E-state index in [1.54, 1.807) is 4.68 Å². The molecule has 5 heteroatoms. The molecular weight excluding hydrogens is 208 g/mol. The molecule has 0 amide bonds. The first-order valence-corrected chi connectivity index (χ1v) is 6.52. The van der Waals surface area contributed by atoms with Crippen LogP contribution in [0.5, 0.6) is 0 Å². The van der Waals surface area contributed by atoms with Gasteiger partial charge >= 0.3 is 0 Å². The highest BCUT2D eigenvalue weighted by atomic mass is 32.2. The van der Waals surface area contributed by atoms with Crippen molar-refractivity contribution in [3.63, 3.8) is 0 Å². The van der Waals surface area contributed by atoms with E-state index in [1.165, 1.54) is 12.2 Å². The first-order valence-electron chi connectivity index (χ1n) is 5.36. The fourth-order valence-electron chi connectivity index (χ4n) is 1.36. The highest BCUT2D eigenvalue weighted by Gasteiger charge is 2.09. The van der Waals surface area contributed by atoms with Gasteiger partial charge in [-0.1, -0.05) is 12.1 Å². The second kappa shape index (κ2) is 6.85. The number of aryl methyl sites for hydroxylation is 1. The zero-order valence-electron chi connectivity index (χ0n) is 9.73. The molecule has 1 aromatic heterocycles. The average Bonchev–Trinajstić information content (AvgIpc) is 2.63. The second-order valence-electron chi connectivity index (χ2n) is 3.65. The van der Waals surface area contributed by atoms with E-state index < -0.39 is 0 Å². The lowest BCUT2D eigenvalue weighted by molar-refractivity contribution is 0.607. The predicted octanol–water partition coefficient (Wildman–Crippen LogP) is 1.09. The third kappa shape index (κ3) is 4.66. The number of hydrogen-bond acceptors (Lipinski definition) is 4. The van der Waals surface area contributed by atoms with E-state index in [0.717, 1.165) is 17.9 Å². The summed E-state index contributed by atoms with van der Waals surface area (Å²) in [6.07, 6.45) is 4.18. The van der Waals surface area contributed by atoms with Gasteiger partial charge in [-0.15, -0.1) is 5.10 Å². The zero-order valence-corrected chi connectivity index (χ0v) is 10.5. The Hall–Kier alpha value is -0.550. The van der Waals surface area contributed by atoms with Crippen molar-refractivity contribution in [2.45, 2.75) is 25.8 Å². The summed E-state index contributed by atoms with van der Waals surface area (Å²) in [7, 11) is 3.91.